The maximum atomic E-state index is 8.94. The minimum Gasteiger partial charge on any atom is -0.192 e. The van der Waals surface area contributed by atoms with Crippen LogP contribution in [0.1, 0.15) is 30.0 Å². The molecule has 0 saturated heterocycles. The van der Waals surface area contributed by atoms with E-state index in [1.165, 1.54) is 0 Å². The molecule has 1 rings (SSSR count). The first-order valence-electron chi connectivity index (χ1n) is 4.87. The SMILES string of the molecule is C=C(Cl)C[CH]c1cccc(C#N)c1CC. The van der Waals surface area contributed by atoms with Gasteiger partial charge in [-0.3, -0.25) is 0 Å². The van der Waals surface area contributed by atoms with Crippen LogP contribution in [0, 0.1) is 17.8 Å². The molecule has 0 unspecified atom stereocenters. The van der Waals surface area contributed by atoms with Gasteiger partial charge in [-0.2, -0.15) is 5.26 Å². The highest BCUT2D eigenvalue weighted by Gasteiger charge is 2.06. The molecular formula is C13H13ClN. The molecule has 77 valence electrons. The Hall–Kier alpha value is -1.26. The fourth-order valence-electron chi connectivity index (χ4n) is 1.52. The van der Waals surface area contributed by atoms with Crippen molar-refractivity contribution in [2.75, 3.05) is 0 Å². The summed E-state index contributed by atoms with van der Waals surface area (Å²) in [5.41, 5.74) is 2.91. The van der Waals surface area contributed by atoms with Crippen molar-refractivity contribution < 1.29 is 0 Å². The van der Waals surface area contributed by atoms with E-state index >= 15 is 0 Å². The molecule has 0 aliphatic rings. The largest absolute Gasteiger partial charge is 0.192 e. The zero-order valence-corrected chi connectivity index (χ0v) is 9.51. The van der Waals surface area contributed by atoms with Crippen LogP contribution in [0.3, 0.4) is 0 Å². The van der Waals surface area contributed by atoms with Crippen molar-refractivity contribution in [1.29, 1.82) is 5.26 Å². The molecule has 0 saturated carbocycles. The summed E-state index contributed by atoms with van der Waals surface area (Å²) in [6.07, 6.45) is 3.50. The summed E-state index contributed by atoms with van der Waals surface area (Å²) >= 11 is 5.71. The van der Waals surface area contributed by atoms with E-state index in [2.05, 4.69) is 12.6 Å². The fraction of sp³-hybridized carbons (Fsp3) is 0.231. The van der Waals surface area contributed by atoms with Crippen molar-refractivity contribution >= 4 is 11.6 Å². The van der Waals surface area contributed by atoms with Gasteiger partial charge < -0.3 is 0 Å². The molecule has 0 aliphatic carbocycles. The minimum absolute atomic E-state index is 0.611. The maximum Gasteiger partial charge on any atom is 0.0994 e. The van der Waals surface area contributed by atoms with Crippen molar-refractivity contribution in [3.63, 3.8) is 0 Å². The van der Waals surface area contributed by atoms with Crippen LogP contribution in [-0.2, 0) is 6.42 Å². The molecule has 0 heterocycles. The standard InChI is InChI=1S/C13H13ClN/c1-3-13-11(8-7-10(2)14)5-4-6-12(13)9-15/h4-6,8H,2-3,7H2,1H3. The number of hydrogen-bond donors (Lipinski definition) is 0. The van der Waals surface area contributed by atoms with Crippen LogP contribution in [-0.4, -0.2) is 0 Å². The number of hydrogen-bond acceptors (Lipinski definition) is 1. The van der Waals surface area contributed by atoms with Gasteiger partial charge in [0, 0.05) is 5.03 Å². The zero-order valence-electron chi connectivity index (χ0n) is 8.76. The zero-order chi connectivity index (χ0) is 11.3. The Morgan fingerprint density at radius 3 is 2.87 bits per heavy atom. The molecule has 0 N–H and O–H groups in total. The lowest BCUT2D eigenvalue weighted by molar-refractivity contribution is 1.08. The summed E-state index contributed by atoms with van der Waals surface area (Å²) in [5.74, 6) is 0. The molecule has 1 aromatic rings. The van der Waals surface area contributed by atoms with Crippen molar-refractivity contribution in [2.45, 2.75) is 19.8 Å². The predicted molar refractivity (Wildman–Crippen MR) is 63.5 cm³/mol. The van der Waals surface area contributed by atoms with E-state index < -0.39 is 0 Å². The van der Waals surface area contributed by atoms with Crippen molar-refractivity contribution in [2.24, 2.45) is 0 Å². The van der Waals surface area contributed by atoms with E-state index in [0.29, 0.717) is 11.5 Å². The third kappa shape index (κ3) is 3.11. The summed E-state index contributed by atoms with van der Waals surface area (Å²) in [6, 6.07) is 7.93. The number of nitriles is 1. The summed E-state index contributed by atoms with van der Waals surface area (Å²) in [5, 5.41) is 9.55. The van der Waals surface area contributed by atoms with Gasteiger partial charge in [0.05, 0.1) is 11.6 Å². The first kappa shape index (κ1) is 11.8. The second kappa shape index (κ2) is 5.58. The summed E-state index contributed by atoms with van der Waals surface area (Å²) in [6.45, 7) is 5.68. The van der Waals surface area contributed by atoms with Gasteiger partial charge in [-0.25, -0.2) is 0 Å². The number of rotatable bonds is 4. The van der Waals surface area contributed by atoms with Crippen molar-refractivity contribution in [1.82, 2.24) is 0 Å². The summed E-state index contributed by atoms with van der Waals surface area (Å²) < 4.78 is 0. The molecule has 0 bridgehead atoms. The van der Waals surface area contributed by atoms with E-state index in [9.17, 15) is 0 Å². The summed E-state index contributed by atoms with van der Waals surface area (Å²) in [4.78, 5) is 0. The lowest BCUT2D eigenvalue weighted by atomic mass is 9.96. The van der Waals surface area contributed by atoms with E-state index in [-0.39, 0.29) is 0 Å². The van der Waals surface area contributed by atoms with Gasteiger partial charge >= 0.3 is 0 Å². The normalized spacial score (nSPS) is 9.67. The lowest BCUT2D eigenvalue weighted by Gasteiger charge is -2.08. The molecule has 1 aromatic carbocycles. The molecule has 0 fully saturated rings. The number of halogens is 1. The molecule has 15 heavy (non-hydrogen) atoms. The molecule has 2 heteroatoms. The van der Waals surface area contributed by atoms with Crippen LogP contribution < -0.4 is 0 Å². The molecule has 1 radical (unpaired) electrons. The van der Waals surface area contributed by atoms with Crippen LogP contribution in [0.25, 0.3) is 0 Å². The Kier molecular flexibility index (Phi) is 4.39. The van der Waals surface area contributed by atoms with Crippen molar-refractivity contribution in [3.05, 3.63) is 52.9 Å². The summed E-state index contributed by atoms with van der Waals surface area (Å²) in [7, 11) is 0. The number of nitrogens with zero attached hydrogens (tertiary/aromatic N) is 1. The van der Waals surface area contributed by atoms with Crippen molar-refractivity contribution in [3.8, 4) is 6.07 Å². The van der Waals surface area contributed by atoms with Gasteiger partial charge in [-0.15, -0.1) is 0 Å². The number of allylic oxidation sites excluding steroid dienone is 1. The van der Waals surface area contributed by atoms with Crippen LogP contribution in [0.5, 0.6) is 0 Å². The fourth-order valence-corrected chi connectivity index (χ4v) is 1.59. The Labute approximate surface area is 96.0 Å². The van der Waals surface area contributed by atoms with Crippen LogP contribution >= 0.6 is 11.6 Å². The Morgan fingerprint density at radius 2 is 2.33 bits per heavy atom. The van der Waals surface area contributed by atoms with Gasteiger partial charge in [0.2, 0.25) is 0 Å². The molecule has 0 aliphatic heterocycles. The Bertz CT molecular complexity index is 401. The predicted octanol–water partition coefficient (Wildman–Crippen LogP) is 3.82. The molecule has 0 aromatic heterocycles. The monoisotopic (exact) mass is 218 g/mol. The molecule has 0 spiro atoms. The maximum absolute atomic E-state index is 8.94. The van der Waals surface area contributed by atoms with E-state index in [0.717, 1.165) is 23.1 Å². The van der Waals surface area contributed by atoms with Gasteiger partial charge in [0.1, 0.15) is 0 Å². The molecule has 0 atom stereocenters. The Balaban J connectivity index is 2.97. The molecular weight excluding hydrogens is 206 g/mol. The van der Waals surface area contributed by atoms with Gasteiger partial charge in [0.15, 0.2) is 0 Å². The molecule has 1 nitrogen and oxygen atoms in total. The van der Waals surface area contributed by atoms with Crippen LogP contribution in [0.2, 0.25) is 0 Å². The third-order valence-electron chi connectivity index (χ3n) is 2.23. The first-order valence-corrected chi connectivity index (χ1v) is 5.25. The number of benzene rings is 1. The van der Waals surface area contributed by atoms with Gasteiger partial charge in [0.25, 0.3) is 0 Å². The third-order valence-corrected chi connectivity index (χ3v) is 2.38. The van der Waals surface area contributed by atoms with Crippen LogP contribution in [0.15, 0.2) is 29.8 Å². The van der Waals surface area contributed by atoms with Crippen LogP contribution in [0.4, 0.5) is 0 Å². The average molecular weight is 219 g/mol. The second-order valence-electron chi connectivity index (χ2n) is 3.26. The van der Waals surface area contributed by atoms with Gasteiger partial charge in [-0.05, 0) is 36.5 Å². The Morgan fingerprint density at radius 1 is 1.60 bits per heavy atom. The van der Waals surface area contributed by atoms with E-state index in [1.54, 1.807) is 0 Å². The molecule has 0 amide bonds. The quantitative estimate of drug-likeness (QED) is 0.754. The second-order valence-corrected chi connectivity index (χ2v) is 3.80. The smallest absolute Gasteiger partial charge is 0.0994 e. The highest BCUT2D eigenvalue weighted by Crippen LogP contribution is 2.20. The topological polar surface area (TPSA) is 23.8 Å². The van der Waals surface area contributed by atoms with Gasteiger partial charge in [-0.1, -0.05) is 37.2 Å². The first-order chi connectivity index (χ1) is 7.19. The average Bonchev–Trinajstić information content (AvgIpc) is 2.25. The minimum atomic E-state index is 0.611. The highest BCUT2D eigenvalue weighted by atomic mass is 35.5. The van der Waals surface area contributed by atoms with E-state index in [4.69, 9.17) is 16.9 Å². The van der Waals surface area contributed by atoms with E-state index in [1.807, 2.05) is 31.5 Å². The highest BCUT2D eigenvalue weighted by molar-refractivity contribution is 6.29. The lowest BCUT2D eigenvalue weighted by Crippen LogP contribution is -1.95.